The second-order valence-electron chi connectivity index (χ2n) is 5.00. The lowest BCUT2D eigenvalue weighted by atomic mass is 9.98. The monoisotopic (exact) mass is 257 g/mol. The molecule has 0 radical (unpaired) electrons. The van der Waals surface area contributed by atoms with Crippen molar-refractivity contribution in [1.82, 2.24) is 15.1 Å². The van der Waals surface area contributed by atoms with Crippen molar-refractivity contribution in [3.63, 3.8) is 0 Å². The maximum absolute atomic E-state index is 10.6. The van der Waals surface area contributed by atoms with Crippen molar-refractivity contribution in [3.05, 3.63) is 48.3 Å². The van der Waals surface area contributed by atoms with Crippen LogP contribution in [-0.2, 0) is 0 Å². The van der Waals surface area contributed by atoms with Gasteiger partial charge in [-0.2, -0.15) is 5.10 Å². The van der Waals surface area contributed by atoms with Gasteiger partial charge in [-0.1, -0.05) is 24.6 Å². The van der Waals surface area contributed by atoms with Crippen molar-refractivity contribution in [2.24, 2.45) is 0 Å². The molecule has 2 unspecified atom stereocenters. The largest absolute Gasteiger partial charge is 0.385 e. The Morgan fingerprint density at radius 3 is 2.79 bits per heavy atom. The molecule has 0 bridgehead atoms. The zero-order valence-corrected chi connectivity index (χ0v) is 10.9. The Balaban J connectivity index is 1.87. The van der Waals surface area contributed by atoms with Gasteiger partial charge in [0, 0.05) is 12.2 Å². The molecule has 1 fully saturated rings. The SMILES string of the molecule is OC(c1ccnn1-c1ccccc1)C1CCCCN1. The van der Waals surface area contributed by atoms with Gasteiger partial charge in [0.25, 0.3) is 0 Å². The van der Waals surface area contributed by atoms with Crippen LogP contribution in [0.25, 0.3) is 5.69 Å². The molecule has 0 aliphatic carbocycles. The number of piperidine rings is 1. The van der Waals surface area contributed by atoms with Crippen molar-refractivity contribution in [2.75, 3.05) is 6.54 Å². The van der Waals surface area contributed by atoms with Crippen LogP contribution in [0.5, 0.6) is 0 Å². The number of benzene rings is 1. The molecule has 19 heavy (non-hydrogen) atoms. The molecular weight excluding hydrogens is 238 g/mol. The van der Waals surface area contributed by atoms with Crippen LogP contribution in [0.4, 0.5) is 0 Å². The number of hydrogen-bond acceptors (Lipinski definition) is 3. The summed E-state index contributed by atoms with van der Waals surface area (Å²) in [6.45, 7) is 0.987. The Morgan fingerprint density at radius 1 is 1.21 bits per heavy atom. The van der Waals surface area contributed by atoms with E-state index < -0.39 is 6.10 Å². The Hall–Kier alpha value is -1.65. The number of aromatic nitrogens is 2. The lowest BCUT2D eigenvalue weighted by Gasteiger charge is -2.28. The molecule has 1 aromatic carbocycles. The van der Waals surface area contributed by atoms with Crippen molar-refractivity contribution in [2.45, 2.75) is 31.4 Å². The van der Waals surface area contributed by atoms with Gasteiger partial charge in [0.15, 0.2) is 0 Å². The van der Waals surface area contributed by atoms with E-state index in [0.717, 1.165) is 24.3 Å². The van der Waals surface area contributed by atoms with E-state index in [9.17, 15) is 5.11 Å². The first-order valence-corrected chi connectivity index (χ1v) is 6.87. The number of rotatable bonds is 3. The Labute approximate surface area is 113 Å². The van der Waals surface area contributed by atoms with E-state index in [1.165, 1.54) is 12.8 Å². The molecule has 2 heterocycles. The van der Waals surface area contributed by atoms with Gasteiger partial charge in [-0.25, -0.2) is 4.68 Å². The minimum Gasteiger partial charge on any atom is -0.385 e. The number of aliphatic hydroxyl groups is 1. The van der Waals surface area contributed by atoms with Crippen LogP contribution < -0.4 is 5.32 Å². The highest BCUT2D eigenvalue weighted by Gasteiger charge is 2.25. The van der Waals surface area contributed by atoms with Crippen molar-refractivity contribution >= 4 is 0 Å². The molecule has 3 rings (SSSR count). The molecule has 0 amide bonds. The Bertz CT molecular complexity index is 517. The van der Waals surface area contributed by atoms with E-state index in [4.69, 9.17) is 0 Å². The summed E-state index contributed by atoms with van der Waals surface area (Å²) in [5.74, 6) is 0. The van der Waals surface area contributed by atoms with Gasteiger partial charge in [-0.3, -0.25) is 0 Å². The van der Waals surface area contributed by atoms with Gasteiger partial charge in [0.2, 0.25) is 0 Å². The van der Waals surface area contributed by atoms with E-state index in [1.807, 2.05) is 41.1 Å². The molecule has 1 aliphatic heterocycles. The lowest BCUT2D eigenvalue weighted by Crippen LogP contribution is -2.39. The zero-order chi connectivity index (χ0) is 13.1. The van der Waals surface area contributed by atoms with Crippen molar-refractivity contribution in [1.29, 1.82) is 0 Å². The molecular formula is C15H19N3O. The van der Waals surface area contributed by atoms with Crippen LogP contribution in [0.2, 0.25) is 0 Å². The topological polar surface area (TPSA) is 50.1 Å². The number of aliphatic hydroxyl groups excluding tert-OH is 1. The highest BCUT2D eigenvalue weighted by Crippen LogP contribution is 2.24. The maximum Gasteiger partial charge on any atom is 0.111 e. The van der Waals surface area contributed by atoms with Crippen molar-refractivity contribution in [3.8, 4) is 5.69 Å². The molecule has 0 spiro atoms. The lowest BCUT2D eigenvalue weighted by molar-refractivity contribution is 0.107. The fourth-order valence-electron chi connectivity index (χ4n) is 2.68. The first kappa shape index (κ1) is 12.4. The summed E-state index contributed by atoms with van der Waals surface area (Å²) in [5.41, 5.74) is 1.84. The van der Waals surface area contributed by atoms with Gasteiger partial charge in [-0.15, -0.1) is 0 Å². The van der Waals surface area contributed by atoms with E-state index in [-0.39, 0.29) is 6.04 Å². The minimum atomic E-state index is -0.511. The van der Waals surface area contributed by atoms with Crippen LogP contribution >= 0.6 is 0 Å². The maximum atomic E-state index is 10.6. The Morgan fingerprint density at radius 2 is 2.05 bits per heavy atom. The predicted octanol–water partition coefficient (Wildman–Crippen LogP) is 2.05. The molecule has 4 heteroatoms. The molecule has 1 aliphatic rings. The highest BCUT2D eigenvalue weighted by molar-refractivity contribution is 5.33. The first-order chi connectivity index (χ1) is 9.36. The summed E-state index contributed by atoms with van der Waals surface area (Å²) in [5, 5.41) is 18.3. The zero-order valence-electron chi connectivity index (χ0n) is 10.9. The fourth-order valence-corrected chi connectivity index (χ4v) is 2.68. The van der Waals surface area contributed by atoms with Gasteiger partial charge >= 0.3 is 0 Å². The minimum absolute atomic E-state index is 0.132. The average Bonchev–Trinajstić information content (AvgIpc) is 2.98. The number of nitrogens with one attached hydrogen (secondary N) is 1. The predicted molar refractivity (Wildman–Crippen MR) is 74.2 cm³/mol. The van der Waals surface area contributed by atoms with Crippen LogP contribution in [0, 0.1) is 0 Å². The molecule has 2 N–H and O–H groups in total. The van der Waals surface area contributed by atoms with Crippen molar-refractivity contribution < 1.29 is 5.11 Å². The molecule has 100 valence electrons. The summed E-state index contributed by atoms with van der Waals surface area (Å²) >= 11 is 0. The Kier molecular flexibility index (Phi) is 3.62. The van der Waals surface area contributed by atoms with E-state index in [0.29, 0.717) is 0 Å². The first-order valence-electron chi connectivity index (χ1n) is 6.87. The molecule has 4 nitrogen and oxygen atoms in total. The molecule has 1 aromatic heterocycles. The average molecular weight is 257 g/mol. The smallest absolute Gasteiger partial charge is 0.111 e. The van der Waals surface area contributed by atoms with E-state index >= 15 is 0 Å². The number of hydrogen-bond donors (Lipinski definition) is 2. The quantitative estimate of drug-likeness (QED) is 0.884. The standard InChI is InChI=1S/C15H19N3O/c19-15(13-8-4-5-10-16-13)14-9-11-17-18(14)12-6-2-1-3-7-12/h1-3,6-7,9,11,13,15-16,19H,4-5,8,10H2. The second-order valence-corrected chi connectivity index (χ2v) is 5.00. The summed E-state index contributed by atoms with van der Waals surface area (Å²) in [7, 11) is 0. The second kappa shape index (κ2) is 5.55. The van der Waals surface area contributed by atoms with Crippen LogP contribution in [0.3, 0.4) is 0 Å². The number of nitrogens with zero attached hydrogens (tertiary/aromatic N) is 2. The third-order valence-corrected chi connectivity index (χ3v) is 3.71. The van der Waals surface area contributed by atoms with Crippen LogP contribution in [0.1, 0.15) is 31.1 Å². The molecule has 1 saturated heterocycles. The number of para-hydroxylation sites is 1. The van der Waals surface area contributed by atoms with Gasteiger partial charge in [0.1, 0.15) is 6.10 Å². The normalized spacial score (nSPS) is 21.2. The molecule has 2 aromatic rings. The van der Waals surface area contributed by atoms with E-state index in [2.05, 4.69) is 10.4 Å². The fraction of sp³-hybridized carbons (Fsp3) is 0.400. The van der Waals surface area contributed by atoms with Crippen LogP contribution in [0.15, 0.2) is 42.6 Å². The highest BCUT2D eigenvalue weighted by atomic mass is 16.3. The van der Waals surface area contributed by atoms with Gasteiger partial charge < -0.3 is 10.4 Å². The van der Waals surface area contributed by atoms with E-state index in [1.54, 1.807) is 6.20 Å². The summed E-state index contributed by atoms with van der Waals surface area (Å²) in [6.07, 6.45) is 4.62. The summed E-state index contributed by atoms with van der Waals surface area (Å²) in [4.78, 5) is 0. The summed E-state index contributed by atoms with van der Waals surface area (Å²) in [6, 6.07) is 12.0. The summed E-state index contributed by atoms with van der Waals surface area (Å²) < 4.78 is 1.82. The van der Waals surface area contributed by atoms with Crippen LogP contribution in [-0.4, -0.2) is 27.5 Å². The third kappa shape index (κ3) is 2.55. The molecule has 0 saturated carbocycles. The van der Waals surface area contributed by atoms with Gasteiger partial charge in [-0.05, 0) is 37.6 Å². The molecule has 2 atom stereocenters. The van der Waals surface area contributed by atoms with Gasteiger partial charge in [0.05, 0.1) is 11.4 Å². The third-order valence-electron chi connectivity index (χ3n) is 3.71.